The second-order valence-corrected chi connectivity index (χ2v) is 14.9. The molecule has 57 heavy (non-hydrogen) atoms. The molecule has 2 unspecified atom stereocenters. The molecule has 14 nitrogen and oxygen atoms in total. The SMILES string of the molecule is C=C(C)C(=O)OCCNC(=O)OCCSCC(C)(CC(C)C(=O)OCCNC(=O)OCCSC[CH]N1CCCC1=O)C(=O)OCC(F)(F)C(F)(F)C(F)(F)C(F)F. The van der Waals surface area contributed by atoms with E-state index in [4.69, 9.17) is 18.9 Å². The zero-order valence-electron chi connectivity index (χ0n) is 31.3. The van der Waals surface area contributed by atoms with Crippen LogP contribution in [0.25, 0.3) is 0 Å². The molecule has 1 heterocycles. The van der Waals surface area contributed by atoms with E-state index in [1.54, 1.807) is 11.4 Å². The van der Waals surface area contributed by atoms with Crippen LogP contribution in [0.15, 0.2) is 12.2 Å². The third-order valence-electron chi connectivity index (χ3n) is 7.62. The number of nitrogens with one attached hydrogen (secondary N) is 2. The topological polar surface area (TPSA) is 176 Å². The quantitative estimate of drug-likeness (QED) is 0.0367. The zero-order valence-corrected chi connectivity index (χ0v) is 33.0. The molecule has 2 atom stereocenters. The third kappa shape index (κ3) is 17.4. The van der Waals surface area contributed by atoms with Gasteiger partial charge in [0, 0.05) is 41.6 Å². The first-order valence-corrected chi connectivity index (χ1v) is 19.5. The van der Waals surface area contributed by atoms with Crippen LogP contribution in [0.2, 0.25) is 0 Å². The van der Waals surface area contributed by atoms with Crippen LogP contribution in [-0.2, 0) is 42.9 Å². The molecule has 1 saturated heterocycles. The van der Waals surface area contributed by atoms with Crippen LogP contribution < -0.4 is 10.6 Å². The number of hydrogen-bond acceptors (Lipinski definition) is 13. The molecule has 0 aromatic heterocycles. The largest absolute Gasteiger partial charge is 0.464 e. The third-order valence-corrected chi connectivity index (χ3v) is 9.76. The van der Waals surface area contributed by atoms with Gasteiger partial charge in [-0.25, -0.2) is 23.2 Å². The Bertz CT molecular complexity index is 1380. The van der Waals surface area contributed by atoms with E-state index in [2.05, 4.69) is 21.9 Å². The van der Waals surface area contributed by atoms with Gasteiger partial charge in [-0.15, -0.1) is 0 Å². The van der Waals surface area contributed by atoms with Crippen LogP contribution >= 0.6 is 23.5 Å². The van der Waals surface area contributed by atoms with Gasteiger partial charge in [0.15, 0.2) is 6.61 Å². The highest BCUT2D eigenvalue weighted by Crippen LogP contribution is 2.49. The first-order chi connectivity index (χ1) is 26.5. The highest BCUT2D eigenvalue weighted by Gasteiger charge is 2.75. The average molecular weight is 877 g/mol. The van der Waals surface area contributed by atoms with E-state index in [-0.39, 0.29) is 50.1 Å². The van der Waals surface area contributed by atoms with Gasteiger partial charge >= 0.3 is 54.3 Å². The van der Waals surface area contributed by atoms with Crippen LogP contribution in [0.3, 0.4) is 0 Å². The highest BCUT2D eigenvalue weighted by atomic mass is 32.2. The lowest BCUT2D eigenvalue weighted by Crippen LogP contribution is -2.59. The molecule has 1 rings (SSSR count). The molecule has 0 bridgehead atoms. The molecule has 0 aromatic carbocycles. The summed E-state index contributed by atoms with van der Waals surface area (Å²) in [5.41, 5.74) is -1.87. The smallest absolute Gasteiger partial charge is 0.407 e. The lowest BCUT2D eigenvalue weighted by Gasteiger charge is -2.33. The maximum Gasteiger partial charge on any atom is 0.407 e. The van der Waals surface area contributed by atoms with Crippen molar-refractivity contribution in [1.82, 2.24) is 15.5 Å². The number of thioether (sulfide) groups is 2. The number of carbonyl (C=O) groups excluding carboxylic acids is 6. The van der Waals surface area contributed by atoms with Gasteiger partial charge in [0.05, 0.1) is 31.0 Å². The summed E-state index contributed by atoms with van der Waals surface area (Å²) in [5.74, 6) is -23.1. The molecule has 1 aliphatic heterocycles. The second kappa shape index (κ2) is 24.3. The Balaban J connectivity index is 2.70. The predicted molar refractivity (Wildman–Crippen MR) is 189 cm³/mol. The van der Waals surface area contributed by atoms with E-state index >= 15 is 0 Å². The Hall–Kier alpha value is -3.70. The average Bonchev–Trinajstić information content (AvgIpc) is 3.55. The fraction of sp³-hybridized carbons (Fsp3) is 0.727. The number of esters is 3. The van der Waals surface area contributed by atoms with Crippen molar-refractivity contribution in [3.63, 3.8) is 0 Å². The molecule has 327 valence electrons. The van der Waals surface area contributed by atoms with E-state index in [0.29, 0.717) is 24.5 Å². The number of alkyl carbamates (subject to hydrolysis) is 2. The van der Waals surface area contributed by atoms with Gasteiger partial charge in [0.25, 0.3) is 0 Å². The maximum absolute atomic E-state index is 14.2. The van der Waals surface area contributed by atoms with Crippen molar-refractivity contribution in [3.8, 4) is 0 Å². The molecule has 1 fully saturated rings. The molecular formula is C33H46F8N3O11S2. The minimum Gasteiger partial charge on any atom is -0.464 e. The van der Waals surface area contributed by atoms with Crippen molar-refractivity contribution in [2.24, 2.45) is 11.3 Å². The summed E-state index contributed by atoms with van der Waals surface area (Å²) in [5, 5.41) is 4.61. The fourth-order valence-corrected chi connectivity index (χ4v) is 6.19. The van der Waals surface area contributed by atoms with E-state index in [1.165, 1.54) is 25.6 Å². The number of alkyl halides is 8. The molecule has 0 aromatic rings. The Kier molecular flexibility index (Phi) is 21.9. The normalized spacial score (nSPS) is 15.0. The second-order valence-electron chi connectivity index (χ2n) is 12.7. The van der Waals surface area contributed by atoms with Crippen molar-refractivity contribution < 1.29 is 87.6 Å². The van der Waals surface area contributed by atoms with Crippen LogP contribution in [0, 0.1) is 17.9 Å². The highest BCUT2D eigenvalue weighted by molar-refractivity contribution is 7.99. The standard InChI is InChI=1S/C33H46F8N3O11S2/c1-21(2)24(46)51-11-7-42-29(50)54-14-17-57-20-30(4,27(48)55-19-31(36,37)33(40,41)32(38,39)26(34)35)18-22(3)25(47)52-12-8-43-28(49)53-13-16-56-15-10-44-9-5-6-23(44)45/h10,22,26H,1,5-9,11-20H2,2-4H3,(H,42,50)(H,43,49). The maximum atomic E-state index is 14.2. The van der Waals surface area contributed by atoms with E-state index in [9.17, 15) is 63.9 Å². The van der Waals surface area contributed by atoms with Crippen molar-refractivity contribution in [3.05, 3.63) is 18.7 Å². The van der Waals surface area contributed by atoms with Crippen LogP contribution in [0.5, 0.6) is 0 Å². The fourth-order valence-electron chi connectivity index (χ4n) is 4.50. The van der Waals surface area contributed by atoms with Gasteiger partial charge in [-0.05, 0) is 26.7 Å². The van der Waals surface area contributed by atoms with Crippen LogP contribution in [0.4, 0.5) is 44.7 Å². The number of carbonyl (C=O) groups is 6. The van der Waals surface area contributed by atoms with Crippen molar-refractivity contribution in [2.45, 2.75) is 64.2 Å². The number of rotatable bonds is 27. The minimum absolute atomic E-state index is 0.0358. The number of nitrogens with zero attached hydrogens (tertiary/aromatic N) is 1. The summed E-state index contributed by atoms with van der Waals surface area (Å²) >= 11 is 2.26. The number of halogens is 8. The van der Waals surface area contributed by atoms with Gasteiger partial charge in [-0.2, -0.15) is 49.9 Å². The summed E-state index contributed by atoms with van der Waals surface area (Å²) in [4.78, 5) is 74.1. The van der Waals surface area contributed by atoms with Gasteiger partial charge in [-0.3, -0.25) is 14.4 Å². The lowest BCUT2D eigenvalue weighted by atomic mass is 9.83. The monoisotopic (exact) mass is 876 g/mol. The molecule has 24 heteroatoms. The van der Waals surface area contributed by atoms with Crippen molar-refractivity contribution in [1.29, 1.82) is 0 Å². The molecular weight excluding hydrogens is 830 g/mol. The molecule has 3 amide bonds. The zero-order chi connectivity index (χ0) is 43.5. The first kappa shape index (κ1) is 51.3. The molecule has 2 N–H and O–H groups in total. The Morgan fingerprint density at radius 3 is 1.96 bits per heavy atom. The summed E-state index contributed by atoms with van der Waals surface area (Å²) in [6, 6.07) is 0. The van der Waals surface area contributed by atoms with Crippen LogP contribution in [-0.4, -0.2) is 141 Å². The van der Waals surface area contributed by atoms with Crippen molar-refractivity contribution >= 4 is 59.5 Å². The van der Waals surface area contributed by atoms with Gasteiger partial charge in [0.2, 0.25) is 5.91 Å². The summed E-state index contributed by atoms with van der Waals surface area (Å²) < 4.78 is 132. The summed E-state index contributed by atoms with van der Waals surface area (Å²) in [6.07, 6.45) is -6.21. The molecule has 0 aliphatic carbocycles. The van der Waals surface area contributed by atoms with Gasteiger partial charge in [0.1, 0.15) is 26.4 Å². The van der Waals surface area contributed by atoms with Crippen LogP contribution in [0.1, 0.15) is 40.0 Å². The minimum atomic E-state index is -6.63. The Labute approximate surface area is 332 Å². The molecule has 0 saturated carbocycles. The number of likely N-dealkylation sites (tertiary alicyclic amines) is 1. The number of ether oxygens (including phenoxy) is 5. The molecule has 1 aliphatic rings. The van der Waals surface area contributed by atoms with E-state index in [1.807, 2.05) is 0 Å². The lowest BCUT2D eigenvalue weighted by molar-refractivity contribution is -0.344. The van der Waals surface area contributed by atoms with E-state index in [0.717, 1.165) is 25.1 Å². The first-order valence-electron chi connectivity index (χ1n) is 17.2. The van der Waals surface area contributed by atoms with Gasteiger partial charge < -0.3 is 39.2 Å². The molecule has 0 spiro atoms. The number of amides is 3. The number of hydrogen-bond donors (Lipinski definition) is 2. The Morgan fingerprint density at radius 2 is 1.44 bits per heavy atom. The predicted octanol–water partition coefficient (Wildman–Crippen LogP) is 5.10. The van der Waals surface area contributed by atoms with Crippen molar-refractivity contribution in [2.75, 3.05) is 75.7 Å². The summed E-state index contributed by atoms with van der Waals surface area (Å²) in [7, 11) is 0. The molecule has 1 radical (unpaired) electrons. The Morgan fingerprint density at radius 1 is 0.877 bits per heavy atom. The van der Waals surface area contributed by atoms with E-state index < -0.39 is 91.0 Å². The summed E-state index contributed by atoms with van der Waals surface area (Å²) in [6.45, 7) is 5.60. The van der Waals surface area contributed by atoms with Gasteiger partial charge in [-0.1, -0.05) is 13.5 Å².